The van der Waals surface area contributed by atoms with E-state index in [1.165, 1.54) is 6.08 Å². The minimum Gasteiger partial charge on any atom is -0.381 e. The van der Waals surface area contributed by atoms with Crippen molar-refractivity contribution in [3.05, 3.63) is 65.5 Å². The van der Waals surface area contributed by atoms with Crippen LogP contribution in [0.4, 0.5) is 18.9 Å². The van der Waals surface area contributed by atoms with Crippen molar-refractivity contribution in [1.82, 2.24) is 9.88 Å². The third-order valence-electron chi connectivity index (χ3n) is 5.47. The van der Waals surface area contributed by atoms with Crippen molar-refractivity contribution < 1.29 is 13.2 Å². The second-order valence-corrected chi connectivity index (χ2v) is 7.40. The lowest BCUT2D eigenvalue weighted by Crippen LogP contribution is -2.40. The monoisotopic (exact) mass is 389 g/mol. The Balaban J connectivity index is 1.76. The van der Waals surface area contributed by atoms with Gasteiger partial charge < -0.3 is 10.2 Å². The quantitative estimate of drug-likeness (QED) is 0.733. The molecule has 150 valence electrons. The molecule has 2 atom stereocenters. The van der Waals surface area contributed by atoms with Crippen LogP contribution < -0.4 is 5.32 Å². The maximum atomic E-state index is 13.5. The summed E-state index contributed by atoms with van der Waals surface area (Å²) in [7, 11) is 1.86. The molecule has 0 spiro atoms. The van der Waals surface area contributed by atoms with Crippen LogP contribution >= 0.6 is 0 Å². The van der Waals surface area contributed by atoms with Crippen molar-refractivity contribution in [1.29, 1.82) is 0 Å². The molecule has 28 heavy (non-hydrogen) atoms. The Morgan fingerprint density at radius 2 is 1.89 bits per heavy atom. The van der Waals surface area contributed by atoms with Gasteiger partial charge in [-0.1, -0.05) is 25.5 Å². The van der Waals surface area contributed by atoms with Gasteiger partial charge in [-0.05, 0) is 53.8 Å². The number of hydrogen-bond acceptors (Lipinski definition) is 3. The highest BCUT2D eigenvalue weighted by Crippen LogP contribution is 2.41. The highest BCUT2D eigenvalue weighted by Gasteiger charge is 2.45. The van der Waals surface area contributed by atoms with Crippen LogP contribution in [0.5, 0.6) is 0 Å². The SMILES string of the molecule is CCC1CN(C)C(c2ccc(NCc3ccncc3C)cc2)=CC1C(F)(F)F. The molecule has 2 aromatic rings. The smallest absolute Gasteiger partial charge is 0.381 e. The standard InChI is InChI=1S/C22H26F3N3/c1-4-16-14-28(3)21(11-20(16)22(23,24)25)17-5-7-19(8-6-17)27-13-18-9-10-26-12-15(18)2/h5-12,16,20,27H,4,13-14H2,1-3H3. The van der Waals surface area contributed by atoms with Gasteiger partial charge in [-0.3, -0.25) is 4.98 Å². The lowest BCUT2D eigenvalue weighted by molar-refractivity contribution is -0.176. The fraction of sp³-hybridized carbons (Fsp3) is 0.409. The zero-order valence-corrected chi connectivity index (χ0v) is 16.4. The van der Waals surface area contributed by atoms with Gasteiger partial charge in [0.2, 0.25) is 0 Å². The molecule has 3 rings (SSSR count). The van der Waals surface area contributed by atoms with E-state index in [9.17, 15) is 13.2 Å². The molecule has 1 aliphatic rings. The molecule has 3 nitrogen and oxygen atoms in total. The average Bonchev–Trinajstić information content (AvgIpc) is 2.66. The molecule has 2 unspecified atom stereocenters. The second-order valence-electron chi connectivity index (χ2n) is 7.40. The molecule has 0 amide bonds. The van der Waals surface area contributed by atoms with Gasteiger partial charge in [0.15, 0.2) is 0 Å². The van der Waals surface area contributed by atoms with Crippen LogP contribution in [-0.2, 0) is 6.54 Å². The summed E-state index contributed by atoms with van der Waals surface area (Å²) < 4.78 is 40.4. The lowest BCUT2D eigenvalue weighted by atomic mass is 9.84. The number of alkyl halides is 3. The second kappa shape index (κ2) is 8.25. The first-order valence-corrected chi connectivity index (χ1v) is 9.53. The first kappa shape index (κ1) is 20.2. The van der Waals surface area contributed by atoms with Crippen molar-refractivity contribution in [2.45, 2.75) is 33.0 Å². The van der Waals surface area contributed by atoms with E-state index in [1.807, 2.05) is 62.3 Å². The van der Waals surface area contributed by atoms with Gasteiger partial charge in [-0.2, -0.15) is 13.2 Å². The Morgan fingerprint density at radius 3 is 2.50 bits per heavy atom. The van der Waals surface area contributed by atoms with Gasteiger partial charge in [0, 0.05) is 43.9 Å². The summed E-state index contributed by atoms with van der Waals surface area (Å²) in [5.41, 5.74) is 4.65. The van der Waals surface area contributed by atoms with Crippen molar-refractivity contribution in [2.75, 3.05) is 18.9 Å². The Bertz CT molecular complexity index is 828. The topological polar surface area (TPSA) is 28.2 Å². The van der Waals surface area contributed by atoms with Gasteiger partial charge in [0.05, 0.1) is 5.92 Å². The highest BCUT2D eigenvalue weighted by atomic mass is 19.4. The Kier molecular flexibility index (Phi) is 5.96. The molecule has 0 aliphatic carbocycles. The zero-order valence-electron chi connectivity index (χ0n) is 16.4. The summed E-state index contributed by atoms with van der Waals surface area (Å²) in [4.78, 5) is 6.02. The van der Waals surface area contributed by atoms with E-state index in [0.29, 0.717) is 25.2 Å². The molecule has 1 aliphatic heterocycles. The first-order chi connectivity index (χ1) is 13.3. The molecular weight excluding hydrogens is 363 g/mol. The van der Waals surface area contributed by atoms with E-state index in [2.05, 4.69) is 10.3 Å². The van der Waals surface area contributed by atoms with Crippen LogP contribution in [0.15, 0.2) is 48.8 Å². The van der Waals surface area contributed by atoms with E-state index in [-0.39, 0.29) is 0 Å². The number of aryl methyl sites for hydroxylation is 1. The van der Waals surface area contributed by atoms with Crippen LogP contribution in [0.2, 0.25) is 0 Å². The predicted molar refractivity (Wildman–Crippen MR) is 107 cm³/mol. The highest BCUT2D eigenvalue weighted by molar-refractivity contribution is 5.67. The summed E-state index contributed by atoms with van der Waals surface area (Å²) in [5, 5.41) is 3.35. The summed E-state index contributed by atoms with van der Waals surface area (Å²) in [6.07, 6.45) is 1.28. The minimum atomic E-state index is -4.21. The van der Waals surface area contributed by atoms with Gasteiger partial charge in [-0.25, -0.2) is 0 Å². The molecule has 6 heteroatoms. The summed E-state index contributed by atoms with van der Waals surface area (Å²) in [6.45, 7) is 4.92. The number of benzene rings is 1. The fourth-order valence-electron chi connectivity index (χ4n) is 3.72. The van der Waals surface area contributed by atoms with Crippen LogP contribution in [0, 0.1) is 18.8 Å². The third kappa shape index (κ3) is 4.49. The molecule has 0 saturated carbocycles. The number of hydrogen-bond donors (Lipinski definition) is 1. The van der Waals surface area contributed by atoms with Crippen LogP contribution in [0.1, 0.15) is 30.0 Å². The van der Waals surface area contributed by atoms with Gasteiger partial charge in [0.1, 0.15) is 0 Å². The zero-order chi connectivity index (χ0) is 20.3. The van der Waals surface area contributed by atoms with Crippen molar-refractivity contribution in [3.8, 4) is 0 Å². The maximum absolute atomic E-state index is 13.5. The third-order valence-corrected chi connectivity index (χ3v) is 5.47. The summed E-state index contributed by atoms with van der Waals surface area (Å²) in [6, 6.07) is 9.55. The average molecular weight is 389 g/mol. The van der Waals surface area contributed by atoms with Crippen LogP contribution in [-0.4, -0.2) is 29.7 Å². The minimum absolute atomic E-state index is 0.404. The number of rotatable bonds is 5. The van der Waals surface area contributed by atoms with Crippen LogP contribution in [0.3, 0.4) is 0 Å². The van der Waals surface area contributed by atoms with E-state index < -0.39 is 18.0 Å². The maximum Gasteiger partial charge on any atom is 0.395 e. The lowest BCUT2D eigenvalue weighted by Gasteiger charge is -2.37. The number of nitrogens with zero attached hydrogens (tertiary/aromatic N) is 2. The molecule has 1 aromatic heterocycles. The largest absolute Gasteiger partial charge is 0.395 e. The van der Waals surface area contributed by atoms with E-state index in [1.54, 1.807) is 6.20 Å². The molecule has 0 fully saturated rings. The number of anilines is 1. The van der Waals surface area contributed by atoms with E-state index in [0.717, 1.165) is 22.4 Å². The summed E-state index contributed by atoms with van der Waals surface area (Å²) in [5.74, 6) is -1.80. The molecule has 1 N–H and O–H groups in total. The Labute approximate surface area is 164 Å². The predicted octanol–water partition coefficient (Wildman–Crippen LogP) is 5.49. The van der Waals surface area contributed by atoms with Crippen LogP contribution in [0.25, 0.3) is 5.70 Å². The molecule has 0 radical (unpaired) electrons. The van der Waals surface area contributed by atoms with Crippen molar-refractivity contribution in [3.63, 3.8) is 0 Å². The molecule has 1 aromatic carbocycles. The number of nitrogens with one attached hydrogen (secondary N) is 1. The Hall–Kier alpha value is -2.50. The number of aromatic nitrogens is 1. The number of halogens is 3. The number of allylic oxidation sites excluding steroid dienone is 1. The first-order valence-electron chi connectivity index (χ1n) is 9.53. The van der Waals surface area contributed by atoms with E-state index in [4.69, 9.17) is 0 Å². The van der Waals surface area contributed by atoms with Gasteiger partial charge >= 0.3 is 6.18 Å². The van der Waals surface area contributed by atoms with Gasteiger partial charge in [0.25, 0.3) is 0 Å². The molecule has 0 saturated heterocycles. The Morgan fingerprint density at radius 1 is 1.18 bits per heavy atom. The summed E-state index contributed by atoms with van der Waals surface area (Å²) >= 11 is 0. The van der Waals surface area contributed by atoms with Gasteiger partial charge in [-0.15, -0.1) is 0 Å². The number of pyridine rings is 1. The molecule has 0 bridgehead atoms. The fourth-order valence-corrected chi connectivity index (χ4v) is 3.72. The van der Waals surface area contributed by atoms with Crippen molar-refractivity contribution >= 4 is 11.4 Å². The molecular formula is C22H26F3N3. The molecule has 2 heterocycles. The van der Waals surface area contributed by atoms with Crippen molar-refractivity contribution in [2.24, 2.45) is 11.8 Å². The normalized spacial score (nSPS) is 20.1. The van der Waals surface area contributed by atoms with E-state index >= 15 is 0 Å².